The third-order valence-electron chi connectivity index (χ3n) is 3.36. The molecule has 108 valence electrons. The highest BCUT2D eigenvalue weighted by Gasteiger charge is 2.15. The summed E-state index contributed by atoms with van der Waals surface area (Å²) in [5.74, 6) is 0.473. The maximum absolute atomic E-state index is 14.1. The van der Waals surface area contributed by atoms with Crippen molar-refractivity contribution in [2.75, 3.05) is 0 Å². The lowest BCUT2D eigenvalue weighted by Crippen LogP contribution is -2.03. The Morgan fingerprint density at radius 2 is 2.14 bits per heavy atom. The molecule has 2 aromatic heterocycles. The van der Waals surface area contributed by atoms with Crippen LogP contribution >= 0.6 is 11.3 Å². The molecule has 5 heteroatoms. The Hall–Kier alpha value is -1.98. The second kappa shape index (κ2) is 5.79. The van der Waals surface area contributed by atoms with Crippen LogP contribution in [-0.2, 0) is 13.2 Å². The first-order chi connectivity index (χ1) is 10.2. The Labute approximate surface area is 126 Å². The average molecular weight is 302 g/mol. The molecule has 0 radical (unpaired) electrons. The third kappa shape index (κ3) is 2.62. The second-order valence-corrected chi connectivity index (χ2v) is 5.83. The first-order valence-electron chi connectivity index (χ1n) is 6.64. The Morgan fingerprint density at radius 1 is 1.29 bits per heavy atom. The summed E-state index contributed by atoms with van der Waals surface area (Å²) >= 11 is 1.52. The lowest BCUT2D eigenvalue weighted by Gasteiger charge is -2.09. The average Bonchev–Trinajstić information content (AvgIpc) is 2.85. The van der Waals surface area contributed by atoms with Gasteiger partial charge in [-0.1, -0.05) is 6.07 Å². The Bertz CT molecular complexity index is 785. The number of nitrogens with zero attached hydrogens (tertiary/aromatic N) is 1. The van der Waals surface area contributed by atoms with Gasteiger partial charge in [-0.15, -0.1) is 11.3 Å². The number of aryl methyl sites for hydroxylation is 1. The molecule has 3 aromatic rings. The van der Waals surface area contributed by atoms with Gasteiger partial charge in [0.2, 0.25) is 0 Å². The van der Waals surface area contributed by atoms with Crippen LogP contribution < -0.4 is 10.5 Å². The number of fused-ring (bicyclic) bond motifs is 1. The summed E-state index contributed by atoms with van der Waals surface area (Å²) in [5, 5.41) is 0.615. The number of nitrogens with two attached hydrogens (primary N) is 1. The third-order valence-corrected chi connectivity index (χ3v) is 4.58. The number of rotatable bonds is 4. The first-order valence-corrected chi connectivity index (χ1v) is 7.45. The van der Waals surface area contributed by atoms with Gasteiger partial charge in [-0.25, -0.2) is 4.39 Å². The number of ether oxygens (including phenoxy) is 1. The van der Waals surface area contributed by atoms with Gasteiger partial charge in [0.25, 0.3) is 0 Å². The fourth-order valence-corrected chi connectivity index (χ4v) is 3.41. The van der Waals surface area contributed by atoms with E-state index in [4.69, 9.17) is 10.5 Å². The molecule has 0 atom stereocenters. The van der Waals surface area contributed by atoms with Gasteiger partial charge in [0.05, 0.1) is 5.69 Å². The van der Waals surface area contributed by atoms with Gasteiger partial charge in [0.1, 0.15) is 18.2 Å². The lowest BCUT2D eigenvalue weighted by molar-refractivity contribution is 0.303. The van der Waals surface area contributed by atoms with E-state index in [-0.39, 0.29) is 5.82 Å². The highest BCUT2D eigenvalue weighted by Crippen LogP contribution is 2.34. The number of benzene rings is 1. The molecule has 0 saturated heterocycles. The Kier molecular flexibility index (Phi) is 3.86. The number of hydrogen-bond acceptors (Lipinski definition) is 4. The van der Waals surface area contributed by atoms with E-state index in [0.717, 1.165) is 20.8 Å². The van der Waals surface area contributed by atoms with Crippen LogP contribution in [0, 0.1) is 12.7 Å². The summed E-state index contributed by atoms with van der Waals surface area (Å²) in [7, 11) is 0. The van der Waals surface area contributed by atoms with Gasteiger partial charge in [-0.05, 0) is 31.2 Å². The summed E-state index contributed by atoms with van der Waals surface area (Å²) in [6.07, 6.45) is 1.72. The van der Waals surface area contributed by atoms with Gasteiger partial charge >= 0.3 is 0 Å². The summed E-state index contributed by atoms with van der Waals surface area (Å²) in [6.45, 7) is 2.55. The van der Waals surface area contributed by atoms with Crippen LogP contribution in [0.5, 0.6) is 5.75 Å². The smallest absolute Gasteiger partial charge is 0.141 e. The van der Waals surface area contributed by atoms with Gasteiger partial charge in [0, 0.05) is 33.3 Å². The number of halogens is 1. The van der Waals surface area contributed by atoms with Crippen LogP contribution in [-0.4, -0.2) is 4.98 Å². The molecule has 2 N–H and O–H groups in total. The van der Waals surface area contributed by atoms with Crippen LogP contribution in [0.4, 0.5) is 4.39 Å². The second-order valence-electron chi connectivity index (χ2n) is 4.70. The highest BCUT2D eigenvalue weighted by atomic mass is 32.1. The molecule has 0 unspecified atom stereocenters. The van der Waals surface area contributed by atoms with E-state index in [1.54, 1.807) is 12.3 Å². The molecule has 3 rings (SSSR count). The molecular formula is C16H15FN2OS. The Balaban J connectivity index is 1.98. The van der Waals surface area contributed by atoms with Crippen LogP contribution in [0.15, 0.2) is 36.5 Å². The number of pyridine rings is 1. The zero-order chi connectivity index (χ0) is 14.8. The predicted octanol–water partition coefficient (Wildman–Crippen LogP) is 3.78. The summed E-state index contributed by atoms with van der Waals surface area (Å²) in [6, 6.07) is 8.76. The van der Waals surface area contributed by atoms with Crippen molar-refractivity contribution in [3.05, 3.63) is 58.5 Å². The van der Waals surface area contributed by atoms with Crippen molar-refractivity contribution in [3.8, 4) is 5.75 Å². The molecule has 21 heavy (non-hydrogen) atoms. The minimum atomic E-state index is -0.232. The maximum Gasteiger partial charge on any atom is 0.141 e. The van der Waals surface area contributed by atoms with E-state index in [0.29, 0.717) is 24.3 Å². The minimum absolute atomic E-state index is 0.232. The molecule has 0 amide bonds. The zero-order valence-corrected chi connectivity index (χ0v) is 12.4. The molecule has 3 nitrogen and oxygen atoms in total. The van der Waals surface area contributed by atoms with E-state index in [9.17, 15) is 4.39 Å². The van der Waals surface area contributed by atoms with Crippen LogP contribution in [0.3, 0.4) is 0 Å². The Morgan fingerprint density at radius 3 is 2.90 bits per heavy atom. The monoisotopic (exact) mass is 302 g/mol. The lowest BCUT2D eigenvalue weighted by atomic mass is 10.1. The standard InChI is InChI=1S/C16H15FN2OS/c1-10-13(5-3-7-19-10)20-9-11-15(8-18)21-14-6-2-4-12(17)16(11)14/h2-7H,8-9,18H2,1H3. The van der Waals surface area contributed by atoms with Crippen molar-refractivity contribution in [2.45, 2.75) is 20.1 Å². The van der Waals surface area contributed by atoms with Crippen molar-refractivity contribution in [3.63, 3.8) is 0 Å². The van der Waals surface area contributed by atoms with Crippen molar-refractivity contribution in [1.82, 2.24) is 4.98 Å². The number of aromatic nitrogens is 1. The molecule has 0 aliphatic rings. The minimum Gasteiger partial charge on any atom is -0.487 e. The number of hydrogen-bond donors (Lipinski definition) is 1. The summed E-state index contributed by atoms with van der Waals surface area (Å²) in [5.41, 5.74) is 7.43. The quantitative estimate of drug-likeness (QED) is 0.798. The summed E-state index contributed by atoms with van der Waals surface area (Å²) in [4.78, 5) is 5.14. The molecule has 0 bridgehead atoms. The zero-order valence-electron chi connectivity index (χ0n) is 11.6. The van der Waals surface area contributed by atoms with Crippen molar-refractivity contribution < 1.29 is 9.13 Å². The highest BCUT2D eigenvalue weighted by molar-refractivity contribution is 7.19. The van der Waals surface area contributed by atoms with Gasteiger partial charge in [0.15, 0.2) is 0 Å². The fourth-order valence-electron chi connectivity index (χ4n) is 2.31. The molecule has 1 aromatic carbocycles. The van der Waals surface area contributed by atoms with Crippen LogP contribution in [0.1, 0.15) is 16.1 Å². The predicted molar refractivity (Wildman–Crippen MR) is 83.0 cm³/mol. The van der Waals surface area contributed by atoms with Crippen LogP contribution in [0.25, 0.3) is 10.1 Å². The molecule has 0 aliphatic carbocycles. The molecule has 0 saturated carbocycles. The molecule has 0 aliphatic heterocycles. The van der Waals surface area contributed by atoms with Crippen molar-refractivity contribution in [2.24, 2.45) is 5.73 Å². The van der Waals surface area contributed by atoms with E-state index in [1.165, 1.54) is 17.4 Å². The van der Waals surface area contributed by atoms with Gasteiger partial charge < -0.3 is 10.5 Å². The molecule has 0 fully saturated rings. The number of thiophene rings is 1. The van der Waals surface area contributed by atoms with Gasteiger partial charge in [-0.3, -0.25) is 4.98 Å². The fraction of sp³-hybridized carbons (Fsp3) is 0.188. The van der Waals surface area contributed by atoms with Crippen molar-refractivity contribution in [1.29, 1.82) is 0 Å². The molecule has 2 heterocycles. The largest absolute Gasteiger partial charge is 0.487 e. The van der Waals surface area contributed by atoms with Gasteiger partial charge in [-0.2, -0.15) is 0 Å². The summed E-state index contributed by atoms with van der Waals surface area (Å²) < 4.78 is 20.8. The van der Waals surface area contributed by atoms with Crippen molar-refractivity contribution >= 4 is 21.4 Å². The van der Waals surface area contributed by atoms with E-state index in [2.05, 4.69) is 4.98 Å². The SMILES string of the molecule is Cc1ncccc1OCc1c(CN)sc2cccc(F)c12. The maximum atomic E-state index is 14.1. The van der Waals surface area contributed by atoms with E-state index in [1.807, 2.05) is 25.1 Å². The van der Waals surface area contributed by atoms with E-state index >= 15 is 0 Å². The van der Waals surface area contributed by atoms with Crippen LogP contribution in [0.2, 0.25) is 0 Å². The van der Waals surface area contributed by atoms with E-state index < -0.39 is 0 Å². The molecular weight excluding hydrogens is 287 g/mol. The first kappa shape index (κ1) is 14.0. The molecule has 0 spiro atoms. The normalized spacial score (nSPS) is 11.0. The topological polar surface area (TPSA) is 48.1 Å².